The van der Waals surface area contributed by atoms with Crippen molar-refractivity contribution < 1.29 is 18.0 Å². The van der Waals surface area contributed by atoms with Crippen molar-refractivity contribution in [2.24, 2.45) is 11.8 Å². The SMILES string of the molecule is CN(C(=O)C1CCCC(C(F)(F)F)C1)C1CCC(c2ccccc2)CC1. The molecule has 1 aromatic carbocycles. The summed E-state index contributed by atoms with van der Waals surface area (Å²) in [4.78, 5) is 14.5. The Morgan fingerprint density at radius 3 is 2.27 bits per heavy atom. The number of carbonyl (C=O) groups excluding carboxylic acids is 1. The lowest BCUT2D eigenvalue weighted by atomic mass is 9.78. The van der Waals surface area contributed by atoms with Gasteiger partial charge >= 0.3 is 6.18 Å². The van der Waals surface area contributed by atoms with Crippen molar-refractivity contribution in [2.45, 2.75) is 69.5 Å². The number of carbonyl (C=O) groups is 1. The number of hydrogen-bond donors (Lipinski definition) is 0. The minimum absolute atomic E-state index is 0.0357. The van der Waals surface area contributed by atoms with Crippen LogP contribution in [0.3, 0.4) is 0 Å². The van der Waals surface area contributed by atoms with Crippen molar-refractivity contribution in [3.05, 3.63) is 35.9 Å². The molecule has 0 aliphatic heterocycles. The highest BCUT2D eigenvalue weighted by atomic mass is 19.4. The number of amides is 1. The third-order valence-corrected chi connectivity index (χ3v) is 6.35. The van der Waals surface area contributed by atoms with Gasteiger partial charge in [-0.05, 0) is 56.4 Å². The highest BCUT2D eigenvalue weighted by Gasteiger charge is 2.44. The molecule has 1 aromatic rings. The standard InChI is InChI=1S/C21H28F3NO/c1-25(20(26)17-8-5-9-18(14-17)21(22,23)24)19-12-10-16(11-13-19)15-6-3-2-4-7-15/h2-4,6-7,16-19H,5,8-14H2,1H3. The molecule has 3 rings (SSSR count). The Labute approximate surface area is 153 Å². The average Bonchev–Trinajstić information content (AvgIpc) is 2.67. The summed E-state index contributed by atoms with van der Waals surface area (Å²) in [5, 5.41) is 0. The van der Waals surface area contributed by atoms with Crippen LogP contribution < -0.4 is 0 Å². The van der Waals surface area contributed by atoms with Gasteiger partial charge < -0.3 is 4.90 Å². The van der Waals surface area contributed by atoms with Crippen LogP contribution in [0.15, 0.2) is 30.3 Å². The molecule has 144 valence electrons. The van der Waals surface area contributed by atoms with Crippen LogP contribution in [0.1, 0.15) is 62.8 Å². The minimum atomic E-state index is -4.18. The lowest BCUT2D eigenvalue weighted by molar-refractivity contribution is -0.187. The fraction of sp³-hybridized carbons (Fsp3) is 0.667. The first-order chi connectivity index (χ1) is 12.4. The molecule has 5 heteroatoms. The summed E-state index contributed by atoms with van der Waals surface area (Å²) < 4.78 is 39.0. The van der Waals surface area contributed by atoms with E-state index in [0.29, 0.717) is 18.8 Å². The molecule has 0 radical (unpaired) electrons. The van der Waals surface area contributed by atoms with E-state index < -0.39 is 18.0 Å². The van der Waals surface area contributed by atoms with Crippen molar-refractivity contribution in [3.8, 4) is 0 Å². The minimum Gasteiger partial charge on any atom is -0.343 e. The molecule has 0 saturated heterocycles. The Morgan fingerprint density at radius 1 is 1.00 bits per heavy atom. The van der Waals surface area contributed by atoms with E-state index in [1.165, 1.54) is 5.56 Å². The predicted molar refractivity (Wildman–Crippen MR) is 95.7 cm³/mol. The van der Waals surface area contributed by atoms with Gasteiger partial charge in [0, 0.05) is 19.0 Å². The third kappa shape index (κ3) is 4.41. The molecule has 0 bridgehead atoms. The number of benzene rings is 1. The molecule has 0 aromatic heterocycles. The Kier molecular flexibility index (Phi) is 5.93. The maximum atomic E-state index is 13.0. The van der Waals surface area contributed by atoms with Crippen LogP contribution in [0.4, 0.5) is 13.2 Å². The lowest BCUT2D eigenvalue weighted by Crippen LogP contribution is -2.44. The van der Waals surface area contributed by atoms with Crippen LogP contribution in [0.5, 0.6) is 0 Å². The largest absolute Gasteiger partial charge is 0.391 e. The zero-order valence-corrected chi connectivity index (χ0v) is 15.3. The summed E-state index contributed by atoms with van der Waals surface area (Å²) in [5.74, 6) is -1.33. The zero-order valence-electron chi connectivity index (χ0n) is 15.3. The number of halogens is 3. The van der Waals surface area contributed by atoms with E-state index in [-0.39, 0.29) is 24.8 Å². The number of nitrogens with zero attached hydrogens (tertiary/aromatic N) is 1. The average molecular weight is 367 g/mol. The summed E-state index contributed by atoms with van der Waals surface area (Å²) in [6.07, 6.45) is 0.958. The van der Waals surface area contributed by atoms with Gasteiger partial charge in [0.2, 0.25) is 5.91 Å². The van der Waals surface area contributed by atoms with E-state index in [0.717, 1.165) is 25.7 Å². The quantitative estimate of drug-likeness (QED) is 0.687. The summed E-state index contributed by atoms with van der Waals surface area (Å²) in [6, 6.07) is 10.6. The van der Waals surface area contributed by atoms with Crippen LogP contribution in [-0.4, -0.2) is 30.1 Å². The van der Waals surface area contributed by atoms with E-state index in [1.54, 1.807) is 11.9 Å². The smallest absolute Gasteiger partial charge is 0.343 e. The van der Waals surface area contributed by atoms with E-state index in [2.05, 4.69) is 24.3 Å². The molecule has 2 nitrogen and oxygen atoms in total. The van der Waals surface area contributed by atoms with E-state index in [9.17, 15) is 18.0 Å². The zero-order chi connectivity index (χ0) is 18.7. The molecular weight excluding hydrogens is 339 g/mol. The summed E-state index contributed by atoms with van der Waals surface area (Å²) in [7, 11) is 1.78. The molecule has 2 aliphatic carbocycles. The van der Waals surface area contributed by atoms with Gasteiger partial charge in [0.15, 0.2) is 0 Å². The van der Waals surface area contributed by atoms with Crippen molar-refractivity contribution in [3.63, 3.8) is 0 Å². The van der Waals surface area contributed by atoms with Crippen LogP contribution >= 0.6 is 0 Å². The normalized spacial score (nSPS) is 30.0. The topological polar surface area (TPSA) is 20.3 Å². The maximum Gasteiger partial charge on any atom is 0.391 e. The van der Waals surface area contributed by atoms with E-state index >= 15 is 0 Å². The summed E-state index contributed by atoms with van der Waals surface area (Å²) in [6.45, 7) is 0. The van der Waals surface area contributed by atoms with E-state index in [1.807, 2.05) is 6.07 Å². The first kappa shape index (κ1) is 19.2. The van der Waals surface area contributed by atoms with Crippen LogP contribution in [0.2, 0.25) is 0 Å². The van der Waals surface area contributed by atoms with Crippen molar-refractivity contribution in [1.82, 2.24) is 4.90 Å². The molecule has 0 heterocycles. The molecule has 26 heavy (non-hydrogen) atoms. The highest BCUT2D eigenvalue weighted by molar-refractivity contribution is 5.79. The molecular formula is C21H28F3NO. The van der Waals surface area contributed by atoms with Gasteiger partial charge in [-0.25, -0.2) is 0 Å². The monoisotopic (exact) mass is 367 g/mol. The van der Waals surface area contributed by atoms with Gasteiger partial charge in [0.1, 0.15) is 0 Å². The second kappa shape index (κ2) is 8.01. The van der Waals surface area contributed by atoms with Crippen LogP contribution in [-0.2, 0) is 4.79 Å². The van der Waals surface area contributed by atoms with Crippen molar-refractivity contribution in [2.75, 3.05) is 7.05 Å². The summed E-state index contributed by atoms with van der Waals surface area (Å²) in [5.41, 5.74) is 1.35. The summed E-state index contributed by atoms with van der Waals surface area (Å²) >= 11 is 0. The number of rotatable bonds is 3. The molecule has 0 spiro atoms. The lowest BCUT2D eigenvalue weighted by Gasteiger charge is -2.38. The third-order valence-electron chi connectivity index (χ3n) is 6.35. The van der Waals surface area contributed by atoms with Crippen LogP contribution in [0.25, 0.3) is 0 Å². The molecule has 2 saturated carbocycles. The second-order valence-electron chi connectivity index (χ2n) is 7.97. The number of hydrogen-bond acceptors (Lipinski definition) is 1. The van der Waals surface area contributed by atoms with Crippen molar-refractivity contribution >= 4 is 5.91 Å². The van der Waals surface area contributed by atoms with Crippen LogP contribution in [0, 0.1) is 11.8 Å². The Morgan fingerprint density at radius 2 is 1.65 bits per heavy atom. The Bertz CT molecular complexity index is 593. The Balaban J connectivity index is 1.54. The molecule has 2 unspecified atom stereocenters. The molecule has 0 N–H and O–H groups in total. The van der Waals surface area contributed by atoms with Gasteiger partial charge in [0.25, 0.3) is 0 Å². The molecule has 1 amide bonds. The van der Waals surface area contributed by atoms with Gasteiger partial charge in [-0.15, -0.1) is 0 Å². The molecule has 2 atom stereocenters. The van der Waals surface area contributed by atoms with Gasteiger partial charge in [0.05, 0.1) is 5.92 Å². The predicted octanol–water partition coefficient (Wildman–Crippen LogP) is 5.54. The first-order valence-electron chi connectivity index (χ1n) is 9.74. The highest BCUT2D eigenvalue weighted by Crippen LogP contribution is 2.41. The van der Waals surface area contributed by atoms with Crippen molar-refractivity contribution in [1.29, 1.82) is 0 Å². The van der Waals surface area contributed by atoms with Gasteiger partial charge in [-0.1, -0.05) is 36.8 Å². The second-order valence-corrected chi connectivity index (χ2v) is 7.97. The maximum absolute atomic E-state index is 13.0. The Hall–Kier alpha value is -1.52. The fourth-order valence-corrected chi connectivity index (χ4v) is 4.70. The molecule has 2 fully saturated rings. The van der Waals surface area contributed by atoms with Gasteiger partial charge in [-0.3, -0.25) is 4.79 Å². The van der Waals surface area contributed by atoms with E-state index in [4.69, 9.17) is 0 Å². The molecule has 2 aliphatic rings. The van der Waals surface area contributed by atoms with Gasteiger partial charge in [-0.2, -0.15) is 13.2 Å². The number of alkyl halides is 3. The fourth-order valence-electron chi connectivity index (χ4n) is 4.70. The first-order valence-corrected chi connectivity index (χ1v) is 9.74.